The summed E-state index contributed by atoms with van der Waals surface area (Å²) >= 11 is 0. The summed E-state index contributed by atoms with van der Waals surface area (Å²) in [7, 11) is 0. The second-order valence-corrected chi connectivity index (χ2v) is 10.5. The van der Waals surface area contributed by atoms with Gasteiger partial charge < -0.3 is 35.0 Å². The van der Waals surface area contributed by atoms with Crippen LogP contribution in [0.3, 0.4) is 0 Å². The number of aliphatic hydroxyl groups is 5. The molecule has 5 N–H and O–H groups in total. The van der Waals surface area contributed by atoms with Crippen LogP contribution in [0.1, 0.15) is 43.5 Å². The van der Waals surface area contributed by atoms with E-state index in [1.54, 1.807) is 25.1 Å². The van der Waals surface area contributed by atoms with E-state index in [9.17, 15) is 35.1 Å². The van der Waals surface area contributed by atoms with E-state index in [1.807, 2.05) is 0 Å². The van der Waals surface area contributed by atoms with Crippen LogP contribution in [0.2, 0.25) is 0 Å². The molecule has 9 heteroatoms. The summed E-state index contributed by atoms with van der Waals surface area (Å²) in [6, 6.07) is 8.10. The van der Waals surface area contributed by atoms with Gasteiger partial charge in [-0.25, -0.2) is 4.79 Å². The maximum absolute atomic E-state index is 13.7. The summed E-state index contributed by atoms with van der Waals surface area (Å²) in [5, 5.41) is 56.5. The van der Waals surface area contributed by atoms with E-state index in [0.29, 0.717) is 5.57 Å². The number of carbonyl (C=O) groups excluding carboxylic acids is 2. The number of fused-ring (bicyclic) bond motifs is 5. The number of esters is 1. The minimum atomic E-state index is -1.92. The van der Waals surface area contributed by atoms with Crippen LogP contribution in [-0.4, -0.2) is 85.6 Å². The maximum Gasteiger partial charge on any atom is 0.338 e. The zero-order valence-electron chi connectivity index (χ0n) is 19.0. The van der Waals surface area contributed by atoms with E-state index >= 15 is 0 Å². The largest absolute Gasteiger partial charge is 0.455 e. The molecule has 1 aromatic rings. The molecule has 0 radical (unpaired) electrons. The van der Waals surface area contributed by atoms with Gasteiger partial charge in [0.05, 0.1) is 35.9 Å². The molecule has 9 atom stereocenters. The van der Waals surface area contributed by atoms with Gasteiger partial charge in [-0.1, -0.05) is 18.2 Å². The van der Waals surface area contributed by atoms with Crippen molar-refractivity contribution in [2.24, 2.45) is 11.3 Å². The van der Waals surface area contributed by atoms with Crippen molar-refractivity contribution in [1.82, 2.24) is 0 Å². The minimum Gasteiger partial charge on any atom is -0.455 e. The minimum absolute atomic E-state index is 0.0552. The molecule has 34 heavy (non-hydrogen) atoms. The number of hydrogen-bond acceptors (Lipinski definition) is 9. The number of benzene rings is 1. The van der Waals surface area contributed by atoms with E-state index < -0.39 is 64.8 Å². The molecule has 1 heterocycles. The molecule has 1 aliphatic heterocycles. The molecule has 9 nitrogen and oxygen atoms in total. The van der Waals surface area contributed by atoms with Gasteiger partial charge in [0.25, 0.3) is 0 Å². The molecule has 0 amide bonds. The highest BCUT2D eigenvalue weighted by atomic mass is 16.6. The van der Waals surface area contributed by atoms with E-state index in [0.717, 1.165) is 0 Å². The fraction of sp³-hybridized carbons (Fsp3) is 0.600. The summed E-state index contributed by atoms with van der Waals surface area (Å²) in [5.74, 6) is -2.83. The summed E-state index contributed by atoms with van der Waals surface area (Å²) in [5.41, 5.74) is -4.68. The molecule has 184 valence electrons. The number of ketones is 1. The highest BCUT2D eigenvalue weighted by Gasteiger charge is 2.73. The van der Waals surface area contributed by atoms with E-state index in [1.165, 1.54) is 19.1 Å². The molecule has 3 fully saturated rings. The van der Waals surface area contributed by atoms with Gasteiger partial charge in [-0.15, -0.1) is 0 Å². The van der Waals surface area contributed by atoms with Gasteiger partial charge in [0, 0.05) is 25.2 Å². The first-order valence-corrected chi connectivity index (χ1v) is 11.5. The number of Topliss-reactive ketones (excluding diaryl/α,β-unsaturated/α-hetero) is 1. The molecule has 4 unspecified atom stereocenters. The van der Waals surface area contributed by atoms with Crippen LogP contribution < -0.4 is 0 Å². The molecule has 3 aliphatic carbocycles. The molecule has 5 rings (SSSR count). The first-order chi connectivity index (χ1) is 15.9. The molecular formula is C25H30O9. The van der Waals surface area contributed by atoms with Crippen LogP contribution in [0.15, 0.2) is 41.5 Å². The van der Waals surface area contributed by atoms with Crippen LogP contribution >= 0.6 is 0 Å². The topological polar surface area (TPSA) is 154 Å². The zero-order valence-corrected chi connectivity index (χ0v) is 19.0. The number of ether oxygens (including phenoxy) is 2. The van der Waals surface area contributed by atoms with Gasteiger partial charge in [0.1, 0.15) is 23.4 Å². The van der Waals surface area contributed by atoms with Crippen LogP contribution in [0.25, 0.3) is 0 Å². The molecule has 1 saturated heterocycles. The standard InChI is InChI=1S/C25H30O9/c1-12-14-9-24(31,10-15(12)26)21(34-22(30)13-6-4-3-5-7-13)19-23(2,20(29)18(14)28)16(27)8-17-25(19,32)11-33-17/h3-7,15-19,21,26-28,31-32H,8-11H2,1-2H3/t15-,16?,17+,18?,19-,21-,23?,24?,25-/m0/s1. The molecule has 1 aromatic carbocycles. The molecule has 2 bridgehead atoms. The van der Waals surface area contributed by atoms with Gasteiger partial charge >= 0.3 is 5.97 Å². The number of aliphatic hydroxyl groups excluding tert-OH is 3. The normalized spacial score (nSPS) is 45.9. The lowest BCUT2D eigenvalue weighted by molar-refractivity contribution is -0.338. The van der Waals surface area contributed by atoms with Crippen molar-refractivity contribution in [2.75, 3.05) is 6.61 Å². The molecule has 2 saturated carbocycles. The summed E-state index contributed by atoms with van der Waals surface area (Å²) in [6.07, 6.45) is -7.08. The summed E-state index contributed by atoms with van der Waals surface area (Å²) in [4.78, 5) is 26.9. The zero-order chi connectivity index (χ0) is 24.6. The third-order valence-electron chi connectivity index (χ3n) is 8.62. The highest BCUT2D eigenvalue weighted by Crippen LogP contribution is 2.59. The van der Waals surface area contributed by atoms with E-state index in [4.69, 9.17) is 9.47 Å². The van der Waals surface area contributed by atoms with Crippen LogP contribution in [0, 0.1) is 11.3 Å². The Morgan fingerprint density at radius 1 is 1.15 bits per heavy atom. The number of hydrogen-bond donors (Lipinski definition) is 5. The third kappa shape index (κ3) is 3.08. The quantitative estimate of drug-likeness (QED) is 0.291. The van der Waals surface area contributed by atoms with Crippen molar-refractivity contribution in [2.45, 2.75) is 74.8 Å². The highest BCUT2D eigenvalue weighted by molar-refractivity contribution is 5.93. The second-order valence-electron chi connectivity index (χ2n) is 10.5. The van der Waals surface area contributed by atoms with Gasteiger partial charge in [-0.2, -0.15) is 0 Å². The van der Waals surface area contributed by atoms with Crippen molar-refractivity contribution >= 4 is 11.8 Å². The van der Waals surface area contributed by atoms with Gasteiger partial charge in [-0.05, 0) is 37.1 Å². The van der Waals surface area contributed by atoms with Gasteiger partial charge in [0.15, 0.2) is 5.78 Å². The number of rotatable bonds is 2. The third-order valence-corrected chi connectivity index (χ3v) is 8.62. The van der Waals surface area contributed by atoms with Crippen LogP contribution in [-0.2, 0) is 14.3 Å². The van der Waals surface area contributed by atoms with Gasteiger partial charge in [-0.3, -0.25) is 4.79 Å². The van der Waals surface area contributed by atoms with Crippen molar-refractivity contribution in [3.8, 4) is 0 Å². The Hall–Kier alpha value is -2.14. The van der Waals surface area contributed by atoms with Gasteiger partial charge in [0.2, 0.25) is 0 Å². The lowest BCUT2D eigenvalue weighted by atomic mass is 9.48. The first kappa shape index (κ1) is 23.6. The van der Waals surface area contributed by atoms with Crippen LogP contribution in [0.5, 0.6) is 0 Å². The number of carbonyl (C=O) groups is 2. The Labute approximate surface area is 196 Å². The second kappa shape index (κ2) is 7.68. The monoisotopic (exact) mass is 474 g/mol. The Bertz CT molecular complexity index is 1050. The SMILES string of the molecule is CC1=C2CC(O)(C[C@@H]1O)[C@@H](OC(=O)c1ccccc1)[C@H]1C(C)(C(=O)C2O)C(O)C[C@H]2OC[C@]21O. The van der Waals surface area contributed by atoms with Crippen molar-refractivity contribution in [3.63, 3.8) is 0 Å². The molecule has 0 spiro atoms. The Balaban J connectivity index is 1.70. The predicted molar refractivity (Wildman–Crippen MR) is 116 cm³/mol. The predicted octanol–water partition coefficient (Wildman–Crippen LogP) is -0.125. The fourth-order valence-corrected chi connectivity index (χ4v) is 6.47. The average Bonchev–Trinajstić information content (AvgIpc) is 2.81. The maximum atomic E-state index is 13.7. The van der Waals surface area contributed by atoms with E-state index in [-0.39, 0.29) is 37.0 Å². The first-order valence-electron chi connectivity index (χ1n) is 11.5. The lowest BCUT2D eigenvalue weighted by Gasteiger charge is -2.64. The smallest absolute Gasteiger partial charge is 0.338 e. The Morgan fingerprint density at radius 2 is 1.82 bits per heavy atom. The van der Waals surface area contributed by atoms with Crippen molar-refractivity contribution in [1.29, 1.82) is 0 Å². The Kier molecular flexibility index (Phi) is 5.33. The van der Waals surface area contributed by atoms with Crippen molar-refractivity contribution < 1.29 is 44.6 Å². The van der Waals surface area contributed by atoms with Crippen molar-refractivity contribution in [3.05, 3.63) is 47.0 Å². The summed E-state index contributed by atoms with van der Waals surface area (Å²) in [6.45, 7) is 2.82. The average molecular weight is 475 g/mol. The molecule has 4 aliphatic rings. The fourth-order valence-electron chi connectivity index (χ4n) is 6.47. The lowest BCUT2D eigenvalue weighted by Crippen LogP contribution is -2.79. The molecule has 0 aromatic heterocycles. The molecular weight excluding hydrogens is 444 g/mol. The Morgan fingerprint density at radius 3 is 2.44 bits per heavy atom. The van der Waals surface area contributed by atoms with Crippen LogP contribution in [0.4, 0.5) is 0 Å². The van der Waals surface area contributed by atoms with E-state index in [2.05, 4.69) is 0 Å². The summed E-state index contributed by atoms with van der Waals surface area (Å²) < 4.78 is 11.4.